The molecule has 1 atom stereocenters. The van der Waals surface area contributed by atoms with E-state index in [2.05, 4.69) is 15.4 Å². The zero-order valence-corrected chi connectivity index (χ0v) is 18.0. The predicted octanol–water partition coefficient (Wildman–Crippen LogP) is 3.28. The van der Waals surface area contributed by atoms with Crippen LogP contribution in [0.1, 0.15) is 39.9 Å². The molecule has 9 heteroatoms. The van der Waals surface area contributed by atoms with Crippen LogP contribution >= 0.6 is 11.6 Å². The highest BCUT2D eigenvalue weighted by Crippen LogP contribution is 2.31. The van der Waals surface area contributed by atoms with Gasteiger partial charge >= 0.3 is 0 Å². The second-order valence-corrected chi connectivity index (χ2v) is 7.94. The third kappa shape index (κ3) is 3.50. The molecule has 30 heavy (non-hydrogen) atoms. The lowest BCUT2D eigenvalue weighted by atomic mass is 10.1. The highest BCUT2D eigenvalue weighted by atomic mass is 35.5. The van der Waals surface area contributed by atoms with Crippen LogP contribution in [0.2, 0.25) is 5.02 Å². The molecule has 1 unspecified atom stereocenters. The number of nitrogens with one attached hydrogen (secondary N) is 1. The maximum atomic E-state index is 13.8. The molecule has 2 aromatic heterocycles. The van der Waals surface area contributed by atoms with Gasteiger partial charge in [0.15, 0.2) is 5.65 Å². The molecule has 0 saturated carbocycles. The van der Waals surface area contributed by atoms with Crippen LogP contribution in [-0.4, -0.2) is 45.1 Å². The van der Waals surface area contributed by atoms with Crippen molar-refractivity contribution in [2.45, 2.75) is 39.9 Å². The molecule has 0 fully saturated rings. The zero-order chi connectivity index (χ0) is 21.6. The van der Waals surface area contributed by atoms with Crippen molar-refractivity contribution in [3.8, 4) is 5.75 Å². The van der Waals surface area contributed by atoms with E-state index in [1.54, 1.807) is 9.42 Å². The van der Waals surface area contributed by atoms with Gasteiger partial charge in [0.1, 0.15) is 18.2 Å². The number of nitrogens with zero attached hydrogens (tertiary/aromatic N) is 4. The number of aromatic nitrogens is 3. The number of amides is 1. The number of hydrogen-bond donors (Lipinski definition) is 1. The molecule has 4 rings (SSSR count). The molecule has 3 aromatic rings. The molecule has 1 aromatic carbocycles. The van der Waals surface area contributed by atoms with Crippen LogP contribution in [0.3, 0.4) is 0 Å². The van der Waals surface area contributed by atoms with Crippen molar-refractivity contribution in [3.63, 3.8) is 0 Å². The van der Waals surface area contributed by atoms with Crippen LogP contribution < -0.4 is 10.1 Å². The summed E-state index contributed by atoms with van der Waals surface area (Å²) >= 11 is 6.29. The molecule has 0 spiro atoms. The zero-order valence-electron chi connectivity index (χ0n) is 17.3. The molecule has 7 nitrogen and oxygen atoms in total. The Balaban J connectivity index is 1.62. The first-order valence-corrected chi connectivity index (χ1v) is 10.1. The van der Waals surface area contributed by atoms with Crippen molar-refractivity contribution in [1.82, 2.24) is 24.8 Å². The Bertz CT molecular complexity index is 1150. The summed E-state index contributed by atoms with van der Waals surface area (Å²) in [5, 5.41) is 8.24. The van der Waals surface area contributed by atoms with Gasteiger partial charge in [-0.2, -0.15) is 5.10 Å². The van der Waals surface area contributed by atoms with E-state index in [0.717, 1.165) is 22.6 Å². The van der Waals surface area contributed by atoms with Gasteiger partial charge in [-0.25, -0.2) is 13.9 Å². The Hall–Kier alpha value is -2.71. The molecular formula is C21H23ClFN5O2. The number of likely N-dealkylation sites (N-methyl/N-ethyl adjacent to an activating group) is 1. The van der Waals surface area contributed by atoms with Gasteiger partial charge in [0, 0.05) is 17.7 Å². The molecule has 0 radical (unpaired) electrons. The van der Waals surface area contributed by atoms with Crippen molar-refractivity contribution >= 4 is 23.2 Å². The van der Waals surface area contributed by atoms with Gasteiger partial charge in [-0.15, -0.1) is 0 Å². The normalized spacial score (nSPS) is 14.3. The standard InChI is InChI=1S/C21H23ClFN5O2/c1-11(24-4)10-30-18-7-14(23)5-6-15(18)21(29)27-8-16-17(9-27)26-28-13(3)19(22)12(2)25-20(16)28/h5-7,11,24H,8-10H2,1-4H3. The van der Waals surface area contributed by atoms with E-state index in [4.69, 9.17) is 16.3 Å². The van der Waals surface area contributed by atoms with E-state index in [0.29, 0.717) is 35.9 Å². The van der Waals surface area contributed by atoms with Crippen molar-refractivity contribution in [2.75, 3.05) is 13.7 Å². The van der Waals surface area contributed by atoms with E-state index in [9.17, 15) is 9.18 Å². The van der Waals surface area contributed by atoms with Crippen molar-refractivity contribution in [3.05, 3.63) is 57.2 Å². The molecule has 0 bridgehead atoms. The first kappa shape index (κ1) is 20.6. The fourth-order valence-electron chi connectivity index (χ4n) is 3.52. The van der Waals surface area contributed by atoms with Crippen LogP contribution in [0.5, 0.6) is 5.75 Å². The van der Waals surface area contributed by atoms with Crippen LogP contribution in [-0.2, 0) is 13.1 Å². The molecular weight excluding hydrogens is 409 g/mol. The highest BCUT2D eigenvalue weighted by Gasteiger charge is 2.31. The van der Waals surface area contributed by atoms with Gasteiger partial charge in [0.05, 0.1) is 40.8 Å². The summed E-state index contributed by atoms with van der Waals surface area (Å²) in [5.74, 6) is -0.453. The quantitative estimate of drug-likeness (QED) is 0.671. The van der Waals surface area contributed by atoms with E-state index in [1.165, 1.54) is 18.2 Å². The number of benzene rings is 1. The molecule has 1 amide bonds. The number of hydrogen-bond acceptors (Lipinski definition) is 5. The fourth-order valence-corrected chi connectivity index (χ4v) is 3.64. The summed E-state index contributed by atoms with van der Waals surface area (Å²) in [6.07, 6.45) is 0. The fraction of sp³-hybridized carbons (Fsp3) is 0.381. The number of ether oxygens (including phenoxy) is 1. The lowest BCUT2D eigenvalue weighted by molar-refractivity contribution is 0.0744. The average molecular weight is 432 g/mol. The van der Waals surface area contributed by atoms with E-state index in [-0.39, 0.29) is 17.7 Å². The predicted molar refractivity (Wildman–Crippen MR) is 111 cm³/mol. The largest absolute Gasteiger partial charge is 0.491 e. The SMILES string of the molecule is CNC(C)COc1cc(F)ccc1C(=O)N1Cc2nn3c(C)c(Cl)c(C)nc3c2C1. The van der Waals surface area contributed by atoms with E-state index >= 15 is 0 Å². The van der Waals surface area contributed by atoms with Crippen molar-refractivity contribution in [2.24, 2.45) is 0 Å². The summed E-state index contributed by atoms with van der Waals surface area (Å²) in [5.41, 5.74) is 4.26. The van der Waals surface area contributed by atoms with E-state index < -0.39 is 5.82 Å². The number of carbonyl (C=O) groups is 1. The Morgan fingerprint density at radius 1 is 1.37 bits per heavy atom. The highest BCUT2D eigenvalue weighted by molar-refractivity contribution is 6.31. The molecule has 1 aliphatic heterocycles. The summed E-state index contributed by atoms with van der Waals surface area (Å²) in [6, 6.07) is 4.04. The Labute approximate surface area is 178 Å². The number of rotatable bonds is 5. The monoisotopic (exact) mass is 431 g/mol. The number of aryl methyl sites for hydroxylation is 2. The molecule has 158 valence electrons. The molecule has 1 N–H and O–H groups in total. The second kappa shape index (κ2) is 7.85. The first-order chi connectivity index (χ1) is 14.3. The van der Waals surface area contributed by atoms with Gasteiger partial charge in [-0.1, -0.05) is 11.6 Å². The lowest BCUT2D eigenvalue weighted by Crippen LogP contribution is -2.30. The summed E-state index contributed by atoms with van der Waals surface area (Å²) in [4.78, 5) is 19.5. The van der Waals surface area contributed by atoms with Crippen LogP contribution in [0.25, 0.3) is 5.65 Å². The molecule has 3 heterocycles. The Kier molecular flexibility index (Phi) is 5.38. The van der Waals surface area contributed by atoms with Crippen molar-refractivity contribution in [1.29, 1.82) is 0 Å². The number of fused-ring (bicyclic) bond motifs is 3. The second-order valence-electron chi connectivity index (χ2n) is 7.56. The van der Waals surface area contributed by atoms with Crippen molar-refractivity contribution < 1.29 is 13.9 Å². The third-order valence-corrected chi connectivity index (χ3v) is 5.95. The van der Waals surface area contributed by atoms with Crippen LogP contribution in [0, 0.1) is 19.7 Å². The maximum Gasteiger partial charge on any atom is 0.258 e. The minimum atomic E-state index is -0.451. The Morgan fingerprint density at radius 3 is 2.87 bits per heavy atom. The number of carbonyl (C=O) groups excluding carboxylic acids is 1. The van der Waals surface area contributed by atoms with Gasteiger partial charge in [-0.05, 0) is 40.0 Å². The van der Waals surface area contributed by atoms with Gasteiger partial charge in [-0.3, -0.25) is 4.79 Å². The molecule has 1 aliphatic rings. The maximum absolute atomic E-state index is 13.8. The lowest BCUT2D eigenvalue weighted by Gasteiger charge is -2.19. The minimum Gasteiger partial charge on any atom is -0.491 e. The summed E-state index contributed by atoms with van der Waals surface area (Å²) < 4.78 is 21.2. The van der Waals surface area contributed by atoms with Gasteiger partial charge in [0.25, 0.3) is 5.91 Å². The minimum absolute atomic E-state index is 0.0604. The Morgan fingerprint density at radius 2 is 2.13 bits per heavy atom. The molecule has 0 aliphatic carbocycles. The van der Waals surface area contributed by atoms with Gasteiger partial charge in [0.2, 0.25) is 0 Å². The summed E-state index contributed by atoms with van der Waals surface area (Å²) in [6.45, 7) is 6.71. The van der Waals surface area contributed by atoms with Gasteiger partial charge < -0.3 is 15.0 Å². The van der Waals surface area contributed by atoms with Crippen LogP contribution in [0.15, 0.2) is 18.2 Å². The number of halogens is 2. The average Bonchev–Trinajstić information content (AvgIpc) is 3.29. The van der Waals surface area contributed by atoms with E-state index in [1.807, 2.05) is 27.8 Å². The smallest absolute Gasteiger partial charge is 0.258 e. The van der Waals surface area contributed by atoms with Crippen LogP contribution in [0.4, 0.5) is 4.39 Å². The third-order valence-electron chi connectivity index (χ3n) is 5.40. The summed E-state index contributed by atoms with van der Waals surface area (Å²) in [7, 11) is 1.81. The topological polar surface area (TPSA) is 71.8 Å². The molecule has 0 saturated heterocycles. The first-order valence-electron chi connectivity index (χ1n) is 9.72.